The highest BCUT2D eigenvalue weighted by atomic mass is 35.5. The molecule has 1 rings (SSSR count). The van der Waals surface area contributed by atoms with E-state index in [1.54, 1.807) is 6.92 Å². The predicted octanol–water partition coefficient (Wildman–Crippen LogP) is 3.25. The smallest absolute Gasteiger partial charge is 0.305 e. The van der Waals surface area contributed by atoms with Crippen molar-refractivity contribution >= 4 is 23.4 Å². The molecule has 0 saturated carbocycles. The summed E-state index contributed by atoms with van der Waals surface area (Å²) in [5.41, 5.74) is 0.219. The number of hydrogen-bond donors (Lipinski definition) is 0. The fraction of sp³-hybridized carbons (Fsp3) is 0.385. The van der Waals surface area contributed by atoms with Crippen LogP contribution in [0.4, 0.5) is 4.39 Å². The minimum atomic E-state index is -0.550. The molecule has 0 spiro atoms. The Morgan fingerprint density at radius 2 is 2.00 bits per heavy atom. The van der Waals surface area contributed by atoms with Crippen LogP contribution in [0.2, 0.25) is 5.02 Å². The Kier molecular flexibility index (Phi) is 5.28. The lowest BCUT2D eigenvalue weighted by molar-refractivity contribution is -0.141. The van der Waals surface area contributed by atoms with Gasteiger partial charge in [0.25, 0.3) is 0 Å². The number of ether oxygens (including phenoxy) is 1. The second-order valence-electron chi connectivity index (χ2n) is 4.17. The van der Waals surface area contributed by atoms with Crippen molar-refractivity contribution in [2.24, 2.45) is 5.92 Å². The van der Waals surface area contributed by atoms with Gasteiger partial charge >= 0.3 is 5.97 Å². The monoisotopic (exact) mass is 272 g/mol. The molecule has 0 aliphatic carbocycles. The summed E-state index contributed by atoms with van der Waals surface area (Å²) in [5, 5.41) is 0.180. The number of hydrogen-bond acceptors (Lipinski definition) is 3. The Morgan fingerprint density at radius 1 is 1.33 bits per heavy atom. The van der Waals surface area contributed by atoms with Crippen molar-refractivity contribution in [3.63, 3.8) is 0 Å². The first kappa shape index (κ1) is 14.6. The summed E-state index contributed by atoms with van der Waals surface area (Å²) in [5.74, 6) is -1.32. The normalized spacial score (nSPS) is 12.0. The quantitative estimate of drug-likeness (QED) is 0.610. The summed E-state index contributed by atoms with van der Waals surface area (Å²) < 4.78 is 17.6. The third kappa shape index (κ3) is 4.45. The van der Waals surface area contributed by atoms with Gasteiger partial charge in [0.15, 0.2) is 5.78 Å². The van der Waals surface area contributed by atoms with E-state index in [0.717, 1.165) is 12.1 Å². The van der Waals surface area contributed by atoms with Gasteiger partial charge < -0.3 is 4.74 Å². The lowest BCUT2D eigenvalue weighted by Gasteiger charge is -2.09. The molecule has 18 heavy (non-hydrogen) atoms. The van der Waals surface area contributed by atoms with E-state index in [0.29, 0.717) is 0 Å². The molecule has 0 heterocycles. The summed E-state index contributed by atoms with van der Waals surface area (Å²) in [4.78, 5) is 22.9. The SMILES string of the molecule is COC(=O)C[C@H](C)CC(=O)c1cc(F)cc(Cl)c1. The van der Waals surface area contributed by atoms with Crippen LogP contribution in [0.15, 0.2) is 18.2 Å². The van der Waals surface area contributed by atoms with Crippen molar-refractivity contribution in [3.05, 3.63) is 34.6 Å². The first-order valence-corrected chi connectivity index (χ1v) is 5.86. The van der Waals surface area contributed by atoms with E-state index in [4.69, 9.17) is 11.6 Å². The summed E-state index contributed by atoms with van der Waals surface area (Å²) >= 11 is 5.67. The maximum absolute atomic E-state index is 13.1. The van der Waals surface area contributed by atoms with E-state index in [1.165, 1.54) is 13.2 Å². The molecular formula is C13H14ClFO3. The Balaban J connectivity index is 2.67. The molecule has 1 atom stereocenters. The van der Waals surface area contributed by atoms with Crippen molar-refractivity contribution in [1.82, 2.24) is 0 Å². The van der Waals surface area contributed by atoms with Gasteiger partial charge in [0.2, 0.25) is 0 Å². The van der Waals surface area contributed by atoms with Crippen molar-refractivity contribution in [2.45, 2.75) is 19.8 Å². The highest BCUT2D eigenvalue weighted by Crippen LogP contribution is 2.18. The van der Waals surface area contributed by atoms with Crippen molar-refractivity contribution in [3.8, 4) is 0 Å². The van der Waals surface area contributed by atoms with Crippen LogP contribution in [-0.4, -0.2) is 18.9 Å². The average Bonchev–Trinajstić information content (AvgIpc) is 2.27. The summed E-state index contributed by atoms with van der Waals surface area (Å²) in [7, 11) is 1.29. The predicted molar refractivity (Wildman–Crippen MR) is 66.2 cm³/mol. The van der Waals surface area contributed by atoms with Crippen LogP contribution in [0.25, 0.3) is 0 Å². The number of carbonyl (C=O) groups is 2. The lowest BCUT2D eigenvalue weighted by atomic mass is 9.97. The number of ketones is 1. The molecule has 0 aliphatic rings. The first-order valence-electron chi connectivity index (χ1n) is 5.48. The van der Waals surface area contributed by atoms with Gasteiger partial charge in [0.05, 0.1) is 7.11 Å². The molecule has 0 aliphatic heterocycles. The van der Waals surface area contributed by atoms with Gasteiger partial charge in [-0.1, -0.05) is 18.5 Å². The molecule has 1 aromatic carbocycles. The second-order valence-corrected chi connectivity index (χ2v) is 4.61. The number of esters is 1. The molecule has 0 N–H and O–H groups in total. The third-order valence-electron chi connectivity index (χ3n) is 2.46. The zero-order valence-electron chi connectivity index (χ0n) is 10.2. The summed E-state index contributed by atoms with van der Waals surface area (Å²) in [6.07, 6.45) is 0.306. The molecule has 0 bridgehead atoms. The van der Waals surface area contributed by atoms with Crippen molar-refractivity contribution in [1.29, 1.82) is 0 Å². The van der Waals surface area contributed by atoms with Gasteiger partial charge in [-0.05, 0) is 24.1 Å². The van der Waals surface area contributed by atoms with Gasteiger partial charge in [-0.3, -0.25) is 9.59 Å². The average molecular weight is 273 g/mol. The summed E-state index contributed by atoms with van der Waals surface area (Å²) in [6.45, 7) is 1.76. The molecule has 0 amide bonds. The van der Waals surface area contributed by atoms with Crippen LogP contribution in [0.5, 0.6) is 0 Å². The molecule has 0 fully saturated rings. The van der Waals surface area contributed by atoms with Crippen LogP contribution in [0.3, 0.4) is 0 Å². The largest absolute Gasteiger partial charge is 0.469 e. The third-order valence-corrected chi connectivity index (χ3v) is 2.68. The van der Waals surface area contributed by atoms with Crippen molar-refractivity contribution in [2.75, 3.05) is 7.11 Å². The van der Waals surface area contributed by atoms with E-state index < -0.39 is 5.82 Å². The van der Waals surface area contributed by atoms with Gasteiger partial charge in [-0.2, -0.15) is 0 Å². The van der Waals surface area contributed by atoms with E-state index in [-0.39, 0.29) is 41.1 Å². The Hall–Kier alpha value is -1.42. The molecule has 1 aromatic rings. The highest BCUT2D eigenvalue weighted by molar-refractivity contribution is 6.31. The molecule has 0 saturated heterocycles. The van der Waals surface area contributed by atoms with E-state index in [2.05, 4.69) is 4.74 Å². The number of Topliss-reactive ketones (excluding diaryl/α,β-unsaturated/α-hetero) is 1. The lowest BCUT2D eigenvalue weighted by Crippen LogP contribution is -2.12. The fourth-order valence-electron chi connectivity index (χ4n) is 1.59. The number of halogens is 2. The minimum absolute atomic E-state index is 0.148. The summed E-state index contributed by atoms with van der Waals surface area (Å²) in [6, 6.07) is 3.69. The van der Waals surface area contributed by atoms with Gasteiger partial charge in [0.1, 0.15) is 5.82 Å². The van der Waals surface area contributed by atoms with Gasteiger partial charge in [-0.25, -0.2) is 4.39 Å². The molecule has 0 radical (unpaired) electrons. The molecule has 5 heteroatoms. The highest BCUT2D eigenvalue weighted by Gasteiger charge is 2.16. The van der Waals surface area contributed by atoms with Crippen LogP contribution < -0.4 is 0 Å². The fourth-order valence-corrected chi connectivity index (χ4v) is 1.81. The maximum atomic E-state index is 13.1. The second kappa shape index (κ2) is 6.50. The van der Waals surface area contributed by atoms with Crippen LogP contribution >= 0.6 is 11.6 Å². The number of benzene rings is 1. The molecule has 0 aromatic heterocycles. The van der Waals surface area contributed by atoms with E-state index >= 15 is 0 Å². The number of rotatable bonds is 5. The van der Waals surface area contributed by atoms with Crippen molar-refractivity contribution < 1.29 is 18.7 Å². The van der Waals surface area contributed by atoms with Gasteiger partial charge in [0, 0.05) is 23.4 Å². The van der Waals surface area contributed by atoms with E-state index in [9.17, 15) is 14.0 Å². The molecule has 98 valence electrons. The van der Waals surface area contributed by atoms with Crippen LogP contribution in [0, 0.1) is 11.7 Å². The Labute approximate surface area is 110 Å². The zero-order valence-corrected chi connectivity index (χ0v) is 11.0. The van der Waals surface area contributed by atoms with Crippen LogP contribution in [0.1, 0.15) is 30.1 Å². The Morgan fingerprint density at radius 3 is 2.56 bits per heavy atom. The molecule has 0 unspecified atom stereocenters. The molecule has 3 nitrogen and oxygen atoms in total. The Bertz CT molecular complexity index is 439. The number of methoxy groups -OCH3 is 1. The number of carbonyl (C=O) groups excluding carboxylic acids is 2. The topological polar surface area (TPSA) is 43.4 Å². The maximum Gasteiger partial charge on any atom is 0.305 e. The standard InChI is InChI=1S/C13H14ClFO3/c1-8(4-13(17)18-2)3-12(16)9-5-10(14)7-11(15)6-9/h5-8H,3-4H2,1-2H3/t8-/m1/s1. The minimum Gasteiger partial charge on any atom is -0.469 e. The molecular weight excluding hydrogens is 259 g/mol. The first-order chi connectivity index (χ1) is 8.42. The van der Waals surface area contributed by atoms with Crippen LogP contribution in [-0.2, 0) is 9.53 Å². The van der Waals surface area contributed by atoms with Gasteiger partial charge in [-0.15, -0.1) is 0 Å². The zero-order chi connectivity index (χ0) is 13.7. The van der Waals surface area contributed by atoms with E-state index in [1.807, 2.05) is 0 Å².